The van der Waals surface area contributed by atoms with E-state index >= 15 is 0 Å². The van der Waals surface area contributed by atoms with Crippen LogP contribution < -0.4 is 0 Å². The van der Waals surface area contributed by atoms with Crippen LogP contribution in [0.4, 0.5) is 4.39 Å². The molecule has 1 N–H and O–H groups in total. The van der Waals surface area contributed by atoms with Crippen molar-refractivity contribution < 1.29 is 14.3 Å². The number of rotatable bonds is 3. The Balaban J connectivity index is 2.01. The molecule has 0 saturated heterocycles. The molecule has 0 amide bonds. The highest BCUT2D eigenvalue weighted by Crippen LogP contribution is 2.30. The highest BCUT2D eigenvalue weighted by molar-refractivity contribution is 7.21. The van der Waals surface area contributed by atoms with Crippen molar-refractivity contribution in [2.45, 2.75) is 6.42 Å². The number of benzene rings is 2. The summed E-state index contributed by atoms with van der Waals surface area (Å²) < 4.78 is 13.8. The fraction of sp³-hybridized carbons (Fsp3) is 0.0667. The molecule has 0 aliphatic heterocycles. The lowest BCUT2D eigenvalue weighted by Gasteiger charge is -1.95. The highest BCUT2D eigenvalue weighted by atomic mass is 32.1. The average Bonchev–Trinajstić information content (AvgIpc) is 2.81. The Bertz CT molecular complexity index is 780. The Morgan fingerprint density at radius 1 is 1.20 bits per heavy atom. The summed E-state index contributed by atoms with van der Waals surface area (Å²) >= 11 is 1.47. The van der Waals surface area contributed by atoms with Gasteiger partial charge in [0.1, 0.15) is 10.8 Å². The first-order valence-electron chi connectivity index (χ1n) is 5.99. The number of aromatic nitrogens is 1. The Morgan fingerprint density at radius 2 is 1.95 bits per heavy atom. The molecule has 0 bridgehead atoms. The van der Waals surface area contributed by atoms with Gasteiger partial charge in [-0.3, -0.25) is 4.79 Å². The summed E-state index contributed by atoms with van der Waals surface area (Å²) in [5, 5.41) is 9.60. The van der Waals surface area contributed by atoms with Crippen LogP contribution in [0, 0.1) is 5.82 Å². The molecular weight excluding hydrogens is 277 g/mol. The number of hydrogen-bond acceptors (Lipinski definition) is 3. The second-order valence-corrected chi connectivity index (χ2v) is 5.43. The molecule has 0 saturated carbocycles. The SMILES string of the molecule is O=C(O)Cc1ccc2nc(-c3ccc(F)cc3)sc2c1. The second-order valence-electron chi connectivity index (χ2n) is 4.40. The molecule has 3 nitrogen and oxygen atoms in total. The first-order chi connectivity index (χ1) is 9.61. The van der Waals surface area contributed by atoms with Gasteiger partial charge in [-0.2, -0.15) is 0 Å². The number of carboxylic acids is 1. The normalized spacial score (nSPS) is 10.8. The van der Waals surface area contributed by atoms with E-state index < -0.39 is 5.97 Å². The smallest absolute Gasteiger partial charge is 0.307 e. The van der Waals surface area contributed by atoms with Crippen LogP contribution >= 0.6 is 11.3 Å². The number of carboxylic acid groups (broad SMARTS) is 1. The van der Waals surface area contributed by atoms with E-state index in [-0.39, 0.29) is 12.2 Å². The van der Waals surface area contributed by atoms with Crippen LogP contribution in [-0.4, -0.2) is 16.1 Å². The first-order valence-corrected chi connectivity index (χ1v) is 6.81. The molecular formula is C15H10FNO2S. The zero-order chi connectivity index (χ0) is 14.1. The molecule has 0 spiro atoms. The standard InChI is InChI=1S/C15H10FNO2S/c16-11-4-2-10(3-5-11)15-17-12-6-1-9(8-14(18)19)7-13(12)20-15/h1-7H,8H2,(H,18,19). The summed E-state index contributed by atoms with van der Waals surface area (Å²) in [5.41, 5.74) is 2.43. The number of halogens is 1. The van der Waals surface area contributed by atoms with Gasteiger partial charge in [-0.15, -0.1) is 11.3 Å². The third kappa shape index (κ3) is 2.53. The number of aliphatic carboxylic acids is 1. The van der Waals surface area contributed by atoms with Crippen molar-refractivity contribution in [3.63, 3.8) is 0 Å². The average molecular weight is 287 g/mol. The molecule has 0 fully saturated rings. The van der Waals surface area contributed by atoms with Crippen LogP contribution in [0.1, 0.15) is 5.56 Å². The molecule has 3 rings (SSSR count). The second kappa shape index (κ2) is 5.02. The zero-order valence-electron chi connectivity index (χ0n) is 10.3. The molecule has 5 heteroatoms. The van der Waals surface area contributed by atoms with Gasteiger partial charge in [0.05, 0.1) is 16.6 Å². The van der Waals surface area contributed by atoms with Gasteiger partial charge < -0.3 is 5.11 Å². The topological polar surface area (TPSA) is 50.2 Å². The fourth-order valence-corrected chi connectivity index (χ4v) is 3.00. The van der Waals surface area contributed by atoms with E-state index in [1.54, 1.807) is 18.2 Å². The summed E-state index contributed by atoms with van der Waals surface area (Å²) in [7, 11) is 0. The molecule has 1 aromatic heterocycles. The number of carbonyl (C=O) groups is 1. The third-order valence-corrected chi connectivity index (χ3v) is 3.97. The van der Waals surface area contributed by atoms with Crippen molar-refractivity contribution >= 4 is 27.5 Å². The molecule has 0 radical (unpaired) electrons. The highest BCUT2D eigenvalue weighted by Gasteiger charge is 2.08. The van der Waals surface area contributed by atoms with Gasteiger partial charge in [-0.25, -0.2) is 9.37 Å². The Labute approximate surface area is 118 Å². The lowest BCUT2D eigenvalue weighted by molar-refractivity contribution is -0.136. The molecule has 3 aromatic rings. The predicted octanol–water partition coefficient (Wildman–Crippen LogP) is 3.73. The van der Waals surface area contributed by atoms with E-state index in [0.717, 1.165) is 26.4 Å². The minimum Gasteiger partial charge on any atom is -0.481 e. The molecule has 0 aliphatic carbocycles. The minimum absolute atomic E-state index is 0.000276. The lowest BCUT2D eigenvalue weighted by atomic mass is 10.1. The van der Waals surface area contributed by atoms with Crippen LogP contribution in [-0.2, 0) is 11.2 Å². The maximum Gasteiger partial charge on any atom is 0.307 e. The van der Waals surface area contributed by atoms with Crippen molar-refractivity contribution in [2.24, 2.45) is 0 Å². The van der Waals surface area contributed by atoms with Crippen LogP contribution in [0.5, 0.6) is 0 Å². The predicted molar refractivity (Wildman–Crippen MR) is 76.4 cm³/mol. The van der Waals surface area contributed by atoms with Gasteiger partial charge in [0.25, 0.3) is 0 Å². The lowest BCUT2D eigenvalue weighted by Crippen LogP contribution is -1.99. The molecule has 100 valence electrons. The van der Waals surface area contributed by atoms with Gasteiger partial charge >= 0.3 is 5.97 Å². The van der Waals surface area contributed by atoms with E-state index in [2.05, 4.69) is 4.98 Å². The first kappa shape index (κ1) is 12.7. The maximum absolute atomic E-state index is 12.9. The third-order valence-electron chi connectivity index (χ3n) is 2.90. The van der Waals surface area contributed by atoms with Gasteiger partial charge in [0.15, 0.2) is 0 Å². The summed E-state index contributed by atoms with van der Waals surface area (Å²) in [6, 6.07) is 11.6. The van der Waals surface area contributed by atoms with Crippen molar-refractivity contribution in [1.29, 1.82) is 0 Å². The fourth-order valence-electron chi connectivity index (χ4n) is 1.97. The Hall–Kier alpha value is -2.27. The van der Waals surface area contributed by atoms with E-state index in [1.807, 2.05) is 12.1 Å². The van der Waals surface area contributed by atoms with Crippen LogP contribution in [0.25, 0.3) is 20.8 Å². The monoisotopic (exact) mass is 287 g/mol. The molecule has 0 unspecified atom stereocenters. The molecule has 2 aromatic carbocycles. The number of hydrogen-bond donors (Lipinski definition) is 1. The summed E-state index contributed by atoms with van der Waals surface area (Å²) in [4.78, 5) is 15.2. The molecule has 1 heterocycles. The summed E-state index contributed by atoms with van der Waals surface area (Å²) in [5.74, 6) is -1.13. The zero-order valence-corrected chi connectivity index (χ0v) is 11.2. The van der Waals surface area contributed by atoms with Crippen molar-refractivity contribution in [2.75, 3.05) is 0 Å². The van der Waals surface area contributed by atoms with E-state index in [1.165, 1.54) is 23.5 Å². The summed E-state index contributed by atoms with van der Waals surface area (Å²) in [6.07, 6.45) is -0.000276. The van der Waals surface area contributed by atoms with Gasteiger partial charge in [-0.05, 0) is 42.0 Å². The Kier molecular flexibility index (Phi) is 3.20. The van der Waals surface area contributed by atoms with Crippen LogP contribution in [0.2, 0.25) is 0 Å². The van der Waals surface area contributed by atoms with Crippen LogP contribution in [0.3, 0.4) is 0 Å². The van der Waals surface area contributed by atoms with E-state index in [9.17, 15) is 9.18 Å². The van der Waals surface area contributed by atoms with E-state index in [4.69, 9.17) is 5.11 Å². The van der Waals surface area contributed by atoms with Crippen molar-refractivity contribution in [1.82, 2.24) is 4.98 Å². The van der Waals surface area contributed by atoms with Gasteiger partial charge in [-0.1, -0.05) is 6.07 Å². The molecule has 20 heavy (non-hydrogen) atoms. The van der Waals surface area contributed by atoms with Crippen LogP contribution in [0.15, 0.2) is 42.5 Å². The van der Waals surface area contributed by atoms with Crippen molar-refractivity contribution in [3.8, 4) is 10.6 Å². The molecule has 0 aliphatic rings. The van der Waals surface area contributed by atoms with E-state index in [0.29, 0.717) is 0 Å². The largest absolute Gasteiger partial charge is 0.481 e. The number of fused-ring (bicyclic) bond motifs is 1. The van der Waals surface area contributed by atoms with Crippen molar-refractivity contribution in [3.05, 3.63) is 53.8 Å². The number of thiazole rings is 1. The Morgan fingerprint density at radius 3 is 2.65 bits per heavy atom. The quantitative estimate of drug-likeness (QED) is 0.798. The van der Waals surface area contributed by atoms with Gasteiger partial charge in [0.2, 0.25) is 0 Å². The number of nitrogens with zero attached hydrogens (tertiary/aromatic N) is 1. The minimum atomic E-state index is -0.854. The maximum atomic E-state index is 12.9. The summed E-state index contributed by atoms with van der Waals surface area (Å²) in [6.45, 7) is 0. The van der Waals surface area contributed by atoms with Gasteiger partial charge in [0, 0.05) is 5.56 Å². The molecule has 0 atom stereocenters.